The molecule has 6 heteroatoms. The van der Waals surface area contributed by atoms with E-state index in [4.69, 9.17) is 9.47 Å². The third-order valence-corrected chi connectivity index (χ3v) is 2.43. The molecule has 0 spiro atoms. The van der Waals surface area contributed by atoms with Gasteiger partial charge in [0.15, 0.2) is 0 Å². The molecule has 19 heavy (non-hydrogen) atoms. The summed E-state index contributed by atoms with van der Waals surface area (Å²) in [5, 5.41) is 2.70. The highest BCUT2D eigenvalue weighted by Gasteiger charge is 2.25. The van der Waals surface area contributed by atoms with Gasteiger partial charge in [0, 0.05) is 13.7 Å². The van der Waals surface area contributed by atoms with Crippen LogP contribution in [0.3, 0.4) is 0 Å². The van der Waals surface area contributed by atoms with Crippen molar-refractivity contribution in [1.82, 2.24) is 10.2 Å². The quantitative estimate of drug-likeness (QED) is 0.538. The highest BCUT2D eigenvalue weighted by Crippen LogP contribution is 2.10. The smallest absolute Gasteiger partial charge is 0.323 e. The molecule has 0 saturated heterocycles. The van der Waals surface area contributed by atoms with Crippen molar-refractivity contribution in [2.75, 3.05) is 33.9 Å². The zero-order valence-corrected chi connectivity index (χ0v) is 12.8. The number of rotatable bonds is 7. The van der Waals surface area contributed by atoms with Crippen LogP contribution in [0.4, 0.5) is 0 Å². The van der Waals surface area contributed by atoms with E-state index in [1.54, 1.807) is 26.0 Å². The molecule has 0 rings (SSSR count). The van der Waals surface area contributed by atoms with Crippen LogP contribution < -0.4 is 5.32 Å². The molecule has 0 heterocycles. The largest absolute Gasteiger partial charge is 0.459 e. The van der Waals surface area contributed by atoms with Crippen LogP contribution in [0.25, 0.3) is 0 Å². The van der Waals surface area contributed by atoms with Gasteiger partial charge in [0.2, 0.25) is 5.91 Å². The Kier molecular flexibility index (Phi) is 7.63. The number of ether oxygens (including phenoxy) is 2. The second-order valence-electron chi connectivity index (χ2n) is 5.47. The molecule has 1 atom stereocenters. The number of methoxy groups -OCH3 is 1. The normalized spacial score (nSPS) is 13.2. The zero-order chi connectivity index (χ0) is 15.1. The molecule has 0 aliphatic rings. The zero-order valence-electron chi connectivity index (χ0n) is 12.8. The molecule has 1 N–H and O–H groups in total. The number of hydrogen-bond donors (Lipinski definition) is 1. The number of esters is 1. The maximum atomic E-state index is 11.8. The summed E-state index contributed by atoms with van der Waals surface area (Å²) in [5.41, 5.74) is -0.521. The van der Waals surface area contributed by atoms with Gasteiger partial charge in [-0.15, -0.1) is 0 Å². The van der Waals surface area contributed by atoms with Crippen molar-refractivity contribution in [2.45, 2.75) is 39.3 Å². The van der Waals surface area contributed by atoms with Gasteiger partial charge in [-0.1, -0.05) is 0 Å². The number of carbonyl (C=O) groups excluding carboxylic acids is 2. The van der Waals surface area contributed by atoms with Gasteiger partial charge in [0.05, 0.1) is 13.2 Å². The molecular weight excluding hydrogens is 248 g/mol. The number of hydrogen-bond acceptors (Lipinski definition) is 5. The van der Waals surface area contributed by atoms with Gasteiger partial charge in [0.25, 0.3) is 0 Å². The van der Waals surface area contributed by atoms with Crippen LogP contribution in [0.1, 0.15) is 27.7 Å². The van der Waals surface area contributed by atoms with E-state index < -0.39 is 11.6 Å². The van der Waals surface area contributed by atoms with Gasteiger partial charge >= 0.3 is 5.97 Å². The van der Waals surface area contributed by atoms with Gasteiger partial charge in [-0.05, 0) is 34.7 Å². The molecule has 112 valence electrons. The summed E-state index contributed by atoms with van der Waals surface area (Å²) in [7, 11) is 3.29. The molecule has 0 aromatic heterocycles. The Morgan fingerprint density at radius 2 is 1.89 bits per heavy atom. The molecule has 0 fully saturated rings. The Balaban J connectivity index is 4.15. The topological polar surface area (TPSA) is 67.9 Å². The Labute approximate surface area is 115 Å². The fourth-order valence-electron chi connectivity index (χ4n) is 1.28. The Morgan fingerprint density at radius 1 is 1.32 bits per heavy atom. The second kappa shape index (κ2) is 8.12. The van der Waals surface area contributed by atoms with Crippen molar-refractivity contribution in [3.05, 3.63) is 0 Å². The van der Waals surface area contributed by atoms with E-state index in [-0.39, 0.29) is 18.4 Å². The van der Waals surface area contributed by atoms with Crippen LogP contribution in [-0.2, 0) is 19.1 Å². The SMILES string of the molecule is COCCNC(=O)CN(C)C(C)C(=O)OC(C)(C)C. The molecule has 6 nitrogen and oxygen atoms in total. The summed E-state index contributed by atoms with van der Waals surface area (Å²) >= 11 is 0. The molecule has 0 aromatic carbocycles. The fourth-order valence-corrected chi connectivity index (χ4v) is 1.28. The van der Waals surface area contributed by atoms with Crippen LogP contribution in [-0.4, -0.2) is 62.3 Å². The van der Waals surface area contributed by atoms with Crippen molar-refractivity contribution in [1.29, 1.82) is 0 Å². The third-order valence-electron chi connectivity index (χ3n) is 2.43. The molecule has 0 aliphatic heterocycles. The molecular formula is C13H26N2O4. The predicted molar refractivity (Wildman–Crippen MR) is 72.8 cm³/mol. The Morgan fingerprint density at radius 3 is 2.37 bits per heavy atom. The van der Waals surface area contributed by atoms with E-state index in [9.17, 15) is 9.59 Å². The summed E-state index contributed by atoms with van der Waals surface area (Å²) in [4.78, 5) is 25.1. The third kappa shape index (κ3) is 8.56. The lowest BCUT2D eigenvalue weighted by Crippen LogP contribution is -2.45. The Bertz CT molecular complexity index is 300. The number of carbonyl (C=O) groups is 2. The lowest BCUT2D eigenvalue weighted by molar-refractivity contribution is -0.160. The molecule has 0 aliphatic carbocycles. The predicted octanol–water partition coefficient (Wildman–Crippen LogP) is 0.411. The maximum absolute atomic E-state index is 11.8. The van der Waals surface area contributed by atoms with Crippen molar-refractivity contribution >= 4 is 11.9 Å². The lowest BCUT2D eigenvalue weighted by atomic mass is 10.2. The molecule has 0 bridgehead atoms. The van der Waals surface area contributed by atoms with Crippen LogP contribution in [0.15, 0.2) is 0 Å². The number of amides is 1. The minimum absolute atomic E-state index is 0.143. The molecule has 0 saturated carbocycles. The number of likely N-dealkylation sites (N-methyl/N-ethyl adjacent to an activating group) is 1. The summed E-state index contributed by atoms with van der Waals surface area (Å²) in [5.74, 6) is -0.477. The van der Waals surface area contributed by atoms with E-state index >= 15 is 0 Å². The average molecular weight is 274 g/mol. The lowest BCUT2D eigenvalue weighted by Gasteiger charge is -2.27. The van der Waals surface area contributed by atoms with E-state index in [0.717, 1.165) is 0 Å². The summed E-state index contributed by atoms with van der Waals surface area (Å²) in [6, 6.07) is -0.465. The number of nitrogens with one attached hydrogen (secondary N) is 1. The molecule has 1 unspecified atom stereocenters. The van der Waals surface area contributed by atoms with E-state index in [2.05, 4.69) is 5.32 Å². The van der Waals surface area contributed by atoms with Gasteiger partial charge < -0.3 is 14.8 Å². The average Bonchev–Trinajstić information content (AvgIpc) is 2.25. The summed E-state index contributed by atoms with van der Waals surface area (Å²) in [6.07, 6.45) is 0. The van der Waals surface area contributed by atoms with E-state index in [0.29, 0.717) is 13.2 Å². The van der Waals surface area contributed by atoms with Crippen molar-refractivity contribution in [2.24, 2.45) is 0 Å². The van der Waals surface area contributed by atoms with Crippen molar-refractivity contribution in [3.8, 4) is 0 Å². The van der Waals surface area contributed by atoms with Crippen molar-refractivity contribution < 1.29 is 19.1 Å². The van der Waals surface area contributed by atoms with Gasteiger partial charge in [-0.25, -0.2) is 0 Å². The van der Waals surface area contributed by atoms with Gasteiger partial charge in [-0.2, -0.15) is 0 Å². The first-order chi connectivity index (χ1) is 8.67. The minimum atomic E-state index is -0.521. The monoisotopic (exact) mass is 274 g/mol. The molecule has 0 radical (unpaired) electrons. The van der Waals surface area contributed by atoms with Gasteiger partial charge in [-0.3, -0.25) is 14.5 Å². The van der Waals surface area contributed by atoms with Crippen LogP contribution in [0.5, 0.6) is 0 Å². The van der Waals surface area contributed by atoms with E-state index in [1.807, 2.05) is 20.8 Å². The van der Waals surface area contributed by atoms with Gasteiger partial charge in [0.1, 0.15) is 11.6 Å². The highest BCUT2D eigenvalue weighted by atomic mass is 16.6. The minimum Gasteiger partial charge on any atom is -0.459 e. The van der Waals surface area contributed by atoms with Crippen LogP contribution >= 0.6 is 0 Å². The number of nitrogens with zero attached hydrogens (tertiary/aromatic N) is 1. The maximum Gasteiger partial charge on any atom is 0.323 e. The van der Waals surface area contributed by atoms with Crippen LogP contribution in [0, 0.1) is 0 Å². The summed E-state index contributed by atoms with van der Waals surface area (Å²) < 4.78 is 10.1. The first-order valence-corrected chi connectivity index (χ1v) is 6.36. The Hall–Kier alpha value is -1.14. The second-order valence-corrected chi connectivity index (χ2v) is 5.47. The van der Waals surface area contributed by atoms with Crippen LogP contribution in [0.2, 0.25) is 0 Å². The first kappa shape index (κ1) is 17.9. The van der Waals surface area contributed by atoms with E-state index in [1.165, 1.54) is 0 Å². The summed E-state index contributed by atoms with van der Waals surface area (Å²) in [6.45, 7) is 8.24. The standard InChI is InChI=1S/C13H26N2O4/c1-10(12(17)19-13(2,3)4)15(5)9-11(16)14-7-8-18-6/h10H,7-9H2,1-6H3,(H,14,16). The first-order valence-electron chi connectivity index (χ1n) is 6.36. The molecule has 0 aromatic rings. The van der Waals surface area contributed by atoms with Crippen molar-refractivity contribution in [3.63, 3.8) is 0 Å². The molecule has 1 amide bonds. The highest BCUT2D eigenvalue weighted by molar-refractivity contribution is 5.80. The fraction of sp³-hybridized carbons (Fsp3) is 0.846.